The number of hydrogen-bond donors (Lipinski definition) is 1. The molecule has 1 fully saturated rings. The summed E-state index contributed by atoms with van der Waals surface area (Å²) in [7, 11) is 3.56. The van der Waals surface area contributed by atoms with E-state index in [-0.39, 0.29) is 6.10 Å². The zero-order valence-corrected chi connectivity index (χ0v) is 12.0. The average Bonchev–Trinajstić information content (AvgIpc) is 2.57. The summed E-state index contributed by atoms with van der Waals surface area (Å²) in [6.07, 6.45) is 4.21. The molecule has 1 aromatic heterocycles. The molecule has 0 saturated heterocycles. The van der Waals surface area contributed by atoms with Crippen molar-refractivity contribution in [3.05, 3.63) is 16.4 Å². The second-order valence-corrected chi connectivity index (χ2v) is 5.67. The summed E-state index contributed by atoms with van der Waals surface area (Å²) in [5.41, 5.74) is 1.22. The molecule has 18 heavy (non-hydrogen) atoms. The van der Waals surface area contributed by atoms with Crippen molar-refractivity contribution < 1.29 is 9.84 Å². The first-order valence-corrected chi connectivity index (χ1v) is 6.76. The molecule has 2 rings (SSSR count). The third-order valence-corrected chi connectivity index (χ3v) is 4.45. The van der Waals surface area contributed by atoms with Crippen LogP contribution in [0.1, 0.15) is 36.9 Å². The van der Waals surface area contributed by atoms with Gasteiger partial charge in [-0.1, -0.05) is 11.6 Å². The number of aliphatic hydroxyl groups is 1. The van der Waals surface area contributed by atoms with Crippen LogP contribution in [0.3, 0.4) is 0 Å². The largest absolute Gasteiger partial charge is 0.390 e. The highest BCUT2D eigenvalue weighted by Gasteiger charge is 2.35. The molecule has 1 aromatic rings. The first kappa shape index (κ1) is 13.8. The number of aromatic nitrogens is 2. The highest BCUT2D eigenvalue weighted by Crippen LogP contribution is 2.34. The Balaban J connectivity index is 2.09. The van der Waals surface area contributed by atoms with Crippen LogP contribution >= 0.6 is 11.6 Å². The highest BCUT2D eigenvalue weighted by atomic mass is 35.5. The van der Waals surface area contributed by atoms with Crippen LogP contribution in [-0.4, -0.2) is 33.7 Å². The van der Waals surface area contributed by atoms with E-state index in [2.05, 4.69) is 5.10 Å². The molecule has 102 valence electrons. The fourth-order valence-electron chi connectivity index (χ4n) is 2.74. The van der Waals surface area contributed by atoms with E-state index in [1.54, 1.807) is 11.8 Å². The quantitative estimate of drug-likeness (QED) is 0.918. The lowest BCUT2D eigenvalue weighted by molar-refractivity contribution is -0.0428. The van der Waals surface area contributed by atoms with Crippen LogP contribution in [0, 0.1) is 6.92 Å². The predicted octanol–water partition coefficient (Wildman–Crippen LogP) is 2.24. The van der Waals surface area contributed by atoms with Gasteiger partial charge in [0.15, 0.2) is 0 Å². The topological polar surface area (TPSA) is 47.3 Å². The van der Waals surface area contributed by atoms with Crippen LogP contribution in [-0.2, 0) is 18.2 Å². The minimum Gasteiger partial charge on any atom is -0.390 e. The molecule has 0 aromatic carbocycles. The number of halogens is 1. The molecular formula is C13H21ClN2O2. The van der Waals surface area contributed by atoms with Crippen molar-refractivity contribution in [2.45, 2.75) is 50.7 Å². The molecule has 5 heteroatoms. The maximum atomic E-state index is 10.6. The highest BCUT2D eigenvalue weighted by molar-refractivity contribution is 6.30. The summed E-state index contributed by atoms with van der Waals surface area (Å²) >= 11 is 6.22. The summed E-state index contributed by atoms with van der Waals surface area (Å²) in [4.78, 5) is 0. The Labute approximate surface area is 113 Å². The minimum atomic E-state index is -0.660. The van der Waals surface area contributed by atoms with E-state index in [9.17, 15) is 5.11 Å². The second kappa shape index (κ2) is 5.19. The fraction of sp³-hybridized carbons (Fsp3) is 0.769. The van der Waals surface area contributed by atoms with Gasteiger partial charge in [0.1, 0.15) is 5.15 Å². The summed E-state index contributed by atoms with van der Waals surface area (Å²) < 4.78 is 7.00. The van der Waals surface area contributed by atoms with Gasteiger partial charge in [0.05, 0.1) is 17.4 Å². The Kier molecular flexibility index (Phi) is 3.99. The van der Waals surface area contributed by atoms with E-state index in [0.717, 1.165) is 36.9 Å². The van der Waals surface area contributed by atoms with Crippen molar-refractivity contribution in [2.75, 3.05) is 7.11 Å². The fourth-order valence-corrected chi connectivity index (χ4v) is 2.99. The Bertz CT molecular complexity index is 423. The molecular weight excluding hydrogens is 252 g/mol. The third kappa shape index (κ3) is 2.71. The first-order chi connectivity index (χ1) is 8.45. The molecule has 4 nitrogen and oxygen atoms in total. The first-order valence-electron chi connectivity index (χ1n) is 6.38. The Morgan fingerprint density at radius 3 is 2.56 bits per heavy atom. The van der Waals surface area contributed by atoms with E-state index < -0.39 is 5.60 Å². The molecule has 1 heterocycles. The van der Waals surface area contributed by atoms with Crippen LogP contribution in [0.4, 0.5) is 0 Å². The van der Waals surface area contributed by atoms with Gasteiger partial charge in [-0.2, -0.15) is 5.10 Å². The lowest BCUT2D eigenvalue weighted by Gasteiger charge is -2.35. The number of methoxy groups -OCH3 is 1. The van der Waals surface area contributed by atoms with Gasteiger partial charge in [0, 0.05) is 26.1 Å². The smallest absolute Gasteiger partial charge is 0.130 e. The van der Waals surface area contributed by atoms with Gasteiger partial charge in [-0.15, -0.1) is 0 Å². The van der Waals surface area contributed by atoms with Crippen molar-refractivity contribution in [1.82, 2.24) is 9.78 Å². The summed E-state index contributed by atoms with van der Waals surface area (Å²) in [6.45, 7) is 1.94. The van der Waals surface area contributed by atoms with Crippen molar-refractivity contribution in [1.29, 1.82) is 0 Å². The molecule has 0 atom stereocenters. The monoisotopic (exact) mass is 272 g/mol. The van der Waals surface area contributed by atoms with Crippen LogP contribution in [0.15, 0.2) is 0 Å². The van der Waals surface area contributed by atoms with E-state index in [1.165, 1.54) is 0 Å². The number of ether oxygens (including phenoxy) is 1. The molecule has 0 spiro atoms. The number of aryl methyl sites for hydroxylation is 2. The maximum absolute atomic E-state index is 10.6. The molecule has 0 bridgehead atoms. The van der Waals surface area contributed by atoms with Gasteiger partial charge < -0.3 is 9.84 Å². The molecule has 0 aliphatic heterocycles. The normalized spacial score (nSPS) is 28.6. The van der Waals surface area contributed by atoms with E-state index in [1.807, 2.05) is 14.0 Å². The number of rotatable bonds is 3. The second-order valence-electron chi connectivity index (χ2n) is 5.31. The van der Waals surface area contributed by atoms with Gasteiger partial charge in [-0.3, -0.25) is 4.68 Å². The molecule has 1 aliphatic carbocycles. The molecule has 0 amide bonds. The van der Waals surface area contributed by atoms with Crippen molar-refractivity contribution in [3.8, 4) is 0 Å². The van der Waals surface area contributed by atoms with Crippen molar-refractivity contribution >= 4 is 11.6 Å². The lowest BCUT2D eigenvalue weighted by Crippen LogP contribution is -2.38. The van der Waals surface area contributed by atoms with Gasteiger partial charge in [0.2, 0.25) is 0 Å². The predicted molar refractivity (Wildman–Crippen MR) is 70.9 cm³/mol. The standard InChI is InChI=1S/C13H21ClN2O2/c1-9-11(12(14)16(2)15-9)8-13(17)6-4-10(18-3)5-7-13/h10,17H,4-8H2,1-3H3. The van der Waals surface area contributed by atoms with E-state index >= 15 is 0 Å². The zero-order chi connectivity index (χ0) is 13.3. The van der Waals surface area contributed by atoms with Gasteiger partial charge in [-0.25, -0.2) is 0 Å². The SMILES string of the molecule is COC1CCC(O)(Cc2c(C)nn(C)c2Cl)CC1. The van der Waals surface area contributed by atoms with Crippen molar-refractivity contribution in [3.63, 3.8) is 0 Å². The Morgan fingerprint density at radius 1 is 1.50 bits per heavy atom. The van der Waals surface area contributed by atoms with Gasteiger partial charge >= 0.3 is 0 Å². The van der Waals surface area contributed by atoms with Crippen LogP contribution in [0.5, 0.6) is 0 Å². The molecule has 1 aliphatic rings. The van der Waals surface area contributed by atoms with Gasteiger partial charge in [0.25, 0.3) is 0 Å². The molecule has 1 N–H and O–H groups in total. The molecule has 0 radical (unpaired) electrons. The Hall–Kier alpha value is -0.580. The van der Waals surface area contributed by atoms with Crippen LogP contribution in [0.2, 0.25) is 5.15 Å². The summed E-state index contributed by atoms with van der Waals surface area (Å²) in [6, 6.07) is 0. The lowest BCUT2D eigenvalue weighted by atomic mass is 9.79. The maximum Gasteiger partial charge on any atom is 0.130 e. The molecule has 0 unspecified atom stereocenters. The number of nitrogens with zero attached hydrogens (tertiary/aromatic N) is 2. The zero-order valence-electron chi connectivity index (χ0n) is 11.2. The van der Waals surface area contributed by atoms with E-state index in [4.69, 9.17) is 16.3 Å². The summed E-state index contributed by atoms with van der Waals surface area (Å²) in [5.74, 6) is 0. The number of hydrogen-bond acceptors (Lipinski definition) is 3. The minimum absolute atomic E-state index is 0.288. The summed E-state index contributed by atoms with van der Waals surface area (Å²) in [5, 5.41) is 15.6. The molecule has 1 saturated carbocycles. The van der Waals surface area contributed by atoms with E-state index in [0.29, 0.717) is 11.6 Å². The van der Waals surface area contributed by atoms with Gasteiger partial charge in [-0.05, 0) is 32.6 Å². The third-order valence-electron chi connectivity index (χ3n) is 3.97. The Morgan fingerprint density at radius 2 is 2.11 bits per heavy atom. The average molecular weight is 273 g/mol. The van der Waals surface area contributed by atoms with Crippen LogP contribution < -0.4 is 0 Å². The van der Waals surface area contributed by atoms with Crippen molar-refractivity contribution in [2.24, 2.45) is 7.05 Å². The van der Waals surface area contributed by atoms with Crippen LogP contribution in [0.25, 0.3) is 0 Å².